The largest absolute Gasteiger partial charge is 0.364 e. The lowest BCUT2D eigenvalue weighted by Crippen LogP contribution is -2.26. The van der Waals surface area contributed by atoms with E-state index in [0.717, 1.165) is 11.5 Å². The molecule has 0 aromatic carbocycles. The molecule has 0 aliphatic carbocycles. The van der Waals surface area contributed by atoms with Gasteiger partial charge in [-0.3, -0.25) is 0 Å². The van der Waals surface area contributed by atoms with Crippen molar-refractivity contribution in [3.63, 3.8) is 0 Å². The zero-order valence-electron chi connectivity index (χ0n) is 8.65. The van der Waals surface area contributed by atoms with E-state index in [-0.39, 0.29) is 5.54 Å². The molecule has 2 rings (SSSR count). The highest BCUT2D eigenvalue weighted by atomic mass is 15.3. The Hall–Kier alpha value is -1.58. The van der Waals surface area contributed by atoms with Crippen LogP contribution in [-0.2, 0) is 0 Å². The van der Waals surface area contributed by atoms with Gasteiger partial charge in [-0.15, -0.1) is 5.10 Å². The van der Waals surface area contributed by atoms with Gasteiger partial charge in [-0.2, -0.15) is 0 Å². The van der Waals surface area contributed by atoms with Crippen molar-refractivity contribution in [3.8, 4) is 0 Å². The van der Waals surface area contributed by atoms with Crippen molar-refractivity contribution < 1.29 is 0 Å². The summed E-state index contributed by atoms with van der Waals surface area (Å²) < 4.78 is 1.76. The average molecular weight is 190 g/mol. The van der Waals surface area contributed by atoms with Gasteiger partial charge in [0.15, 0.2) is 5.65 Å². The number of hydrogen-bond acceptors (Lipinski definition) is 3. The Balaban J connectivity index is 2.35. The monoisotopic (exact) mass is 190 g/mol. The van der Waals surface area contributed by atoms with E-state index < -0.39 is 0 Å². The smallest absolute Gasteiger partial charge is 0.153 e. The molecular weight excluding hydrogens is 176 g/mol. The molecule has 1 N–H and O–H groups in total. The van der Waals surface area contributed by atoms with Crippen LogP contribution < -0.4 is 5.32 Å². The molecule has 4 heteroatoms. The van der Waals surface area contributed by atoms with Crippen LogP contribution in [0.5, 0.6) is 0 Å². The molecule has 2 heterocycles. The van der Waals surface area contributed by atoms with E-state index in [1.165, 1.54) is 0 Å². The summed E-state index contributed by atoms with van der Waals surface area (Å²) in [6, 6.07) is 3.88. The maximum Gasteiger partial charge on any atom is 0.153 e. The number of imidazole rings is 1. The van der Waals surface area contributed by atoms with Crippen molar-refractivity contribution in [2.45, 2.75) is 26.3 Å². The topological polar surface area (TPSA) is 42.2 Å². The molecule has 0 aliphatic rings. The van der Waals surface area contributed by atoms with E-state index in [2.05, 4.69) is 36.2 Å². The van der Waals surface area contributed by atoms with E-state index in [1.54, 1.807) is 10.7 Å². The first-order valence-corrected chi connectivity index (χ1v) is 4.63. The van der Waals surface area contributed by atoms with E-state index in [0.29, 0.717) is 0 Å². The first kappa shape index (κ1) is 8.99. The van der Waals surface area contributed by atoms with Gasteiger partial charge in [0.2, 0.25) is 0 Å². The summed E-state index contributed by atoms with van der Waals surface area (Å²) in [5, 5.41) is 7.67. The van der Waals surface area contributed by atoms with Gasteiger partial charge in [0.25, 0.3) is 0 Å². The fourth-order valence-electron chi connectivity index (χ4n) is 1.27. The van der Waals surface area contributed by atoms with Gasteiger partial charge < -0.3 is 5.32 Å². The van der Waals surface area contributed by atoms with Crippen LogP contribution in [0.25, 0.3) is 5.65 Å². The second-order valence-corrected chi connectivity index (χ2v) is 4.32. The van der Waals surface area contributed by atoms with Gasteiger partial charge in [0, 0.05) is 17.9 Å². The molecule has 4 nitrogen and oxygen atoms in total. The van der Waals surface area contributed by atoms with Crippen molar-refractivity contribution in [2.24, 2.45) is 0 Å². The number of nitrogens with one attached hydrogen (secondary N) is 1. The first-order chi connectivity index (χ1) is 6.54. The molecule has 0 fully saturated rings. The third kappa shape index (κ3) is 1.84. The normalized spacial score (nSPS) is 11.9. The van der Waals surface area contributed by atoms with Gasteiger partial charge in [0.05, 0.1) is 0 Å². The minimum Gasteiger partial charge on any atom is -0.364 e. The Labute approximate surface area is 83.0 Å². The Bertz CT molecular complexity index is 439. The van der Waals surface area contributed by atoms with E-state index in [4.69, 9.17) is 0 Å². The Morgan fingerprint density at radius 2 is 2.07 bits per heavy atom. The van der Waals surface area contributed by atoms with Crippen molar-refractivity contribution in [2.75, 3.05) is 5.32 Å². The van der Waals surface area contributed by atoms with Gasteiger partial charge in [0.1, 0.15) is 5.82 Å². The molecule has 2 aromatic rings. The summed E-state index contributed by atoms with van der Waals surface area (Å²) in [7, 11) is 0. The number of anilines is 1. The number of hydrogen-bond donors (Lipinski definition) is 1. The molecule has 0 saturated heterocycles. The van der Waals surface area contributed by atoms with Crippen LogP contribution in [-0.4, -0.2) is 20.1 Å². The standard InChI is InChI=1S/C10H14N4/c1-10(2,3)12-8-4-5-9-11-6-7-14(9)13-8/h4-7H,1-3H3,(H,12,13). The molecule has 0 amide bonds. The van der Waals surface area contributed by atoms with Crippen molar-refractivity contribution in [1.82, 2.24) is 14.6 Å². The molecule has 0 radical (unpaired) electrons. The highest BCUT2D eigenvalue weighted by Crippen LogP contribution is 2.11. The van der Waals surface area contributed by atoms with Crippen LogP contribution in [0.15, 0.2) is 24.5 Å². The second kappa shape index (κ2) is 2.97. The predicted octanol–water partition coefficient (Wildman–Crippen LogP) is 1.94. The van der Waals surface area contributed by atoms with Gasteiger partial charge in [-0.25, -0.2) is 9.50 Å². The van der Waals surface area contributed by atoms with Crippen molar-refractivity contribution >= 4 is 11.5 Å². The Kier molecular flexibility index (Phi) is 1.91. The third-order valence-electron chi connectivity index (χ3n) is 1.76. The summed E-state index contributed by atoms with van der Waals surface area (Å²) in [5.74, 6) is 0.864. The molecule has 0 atom stereocenters. The average Bonchev–Trinajstić information content (AvgIpc) is 2.47. The Morgan fingerprint density at radius 3 is 2.79 bits per heavy atom. The SMILES string of the molecule is CC(C)(C)Nc1ccc2nccn2n1. The van der Waals surface area contributed by atoms with Gasteiger partial charge in [-0.1, -0.05) is 0 Å². The molecule has 0 saturated carbocycles. The molecule has 0 bridgehead atoms. The maximum absolute atomic E-state index is 4.36. The summed E-state index contributed by atoms with van der Waals surface area (Å²) >= 11 is 0. The quantitative estimate of drug-likeness (QED) is 0.747. The van der Waals surface area contributed by atoms with Gasteiger partial charge >= 0.3 is 0 Å². The van der Waals surface area contributed by atoms with Crippen LogP contribution in [0.4, 0.5) is 5.82 Å². The number of fused-ring (bicyclic) bond motifs is 1. The van der Waals surface area contributed by atoms with Crippen LogP contribution in [0.3, 0.4) is 0 Å². The molecule has 14 heavy (non-hydrogen) atoms. The van der Waals surface area contributed by atoms with Crippen LogP contribution in [0.1, 0.15) is 20.8 Å². The van der Waals surface area contributed by atoms with Crippen LogP contribution >= 0.6 is 0 Å². The molecule has 0 aliphatic heterocycles. The fourth-order valence-corrected chi connectivity index (χ4v) is 1.27. The summed E-state index contributed by atoms with van der Waals surface area (Å²) in [5.41, 5.74) is 0.894. The number of nitrogens with zero attached hydrogens (tertiary/aromatic N) is 3. The molecule has 74 valence electrons. The summed E-state index contributed by atoms with van der Waals surface area (Å²) in [6.45, 7) is 6.31. The van der Waals surface area contributed by atoms with Crippen LogP contribution in [0, 0.1) is 0 Å². The maximum atomic E-state index is 4.36. The van der Waals surface area contributed by atoms with E-state index in [1.807, 2.05) is 18.3 Å². The number of aromatic nitrogens is 3. The zero-order chi connectivity index (χ0) is 10.2. The molecule has 0 unspecified atom stereocenters. The van der Waals surface area contributed by atoms with E-state index >= 15 is 0 Å². The molecule has 0 spiro atoms. The molecular formula is C10H14N4. The predicted molar refractivity (Wildman–Crippen MR) is 56.4 cm³/mol. The lowest BCUT2D eigenvalue weighted by atomic mass is 10.1. The van der Waals surface area contributed by atoms with E-state index in [9.17, 15) is 0 Å². The third-order valence-corrected chi connectivity index (χ3v) is 1.76. The van der Waals surface area contributed by atoms with Crippen molar-refractivity contribution in [3.05, 3.63) is 24.5 Å². The molecule has 2 aromatic heterocycles. The summed E-state index contributed by atoms with van der Waals surface area (Å²) in [4.78, 5) is 4.13. The fraction of sp³-hybridized carbons (Fsp3) is 0.400. The lowest BCUT2D eigenvalue weighted by Gasteiger charge is -2.20. The number of rotatable bonds is 1. The lowest BCUT2D eigenvalue weighted by molar-refractivity contribution is 0.627. The second-order valence-electron chi connectivity index (χ2n) is 4.32. The minimum absolute atomic E-state index is 0.0290. The highest BCUT2D eigenvalue weighted by Gasteiger charge is 2.10. The minimum atomic E-state index is 0.0290. The van der Waals surface area contributed by atoms with Gasteiger partial charge in [-0.05, 0) is 32.9 Å². The first-order valence-electron chi connectivity index (χ1n) is 4.63. The highest BCUT2D eigenvalue weighted by molar-refractivity contribution is 5.44. The van der Waals surface area contributed by atoms with Crippen LogP contribution in [0.2, 0.25) is 0 Å². The summed E-state index contributed by atoms with van der Waals surface area (Å²) in [6.07, 6.45) is 3.58. The Morgan fingerprint density at radius 1 is 1.29 bits per heavy atom. The zero-order valence-corrected chi connectivity index (χ0v) is 8.65. The van der Waals surface area contributed by atoms with Crippen molar-refractivity contribution in [1.29, 1.82) is 0 Å².